The third-order valence-corrected chi connectivity index (χ3v) is 13.8. The van der Waals surface area contributed by atoms with Gasteiger partial charge in [0.25, 0.3) is 0 Å². The Kier molecular flexibility index (Phi) is 6.71. The van der Waals surface area contributed by atoms with Crippen molar-refractivity contribution >= 4 is 35.7 Å². The van der Waals surface area contributed by atoms with Gasteiger partial charge in [0.15, 0.2) is 0 Å². The molecule has 4 aromatic carbocycles. The van der Waals surface area contributed by atoms with Gasteiger partial charge in [-0.15, -0.1) is 0 Å². The molecule has 0 atom stereocenters. The zero-order chi connectivity index (χ0) is 26.7. The first-order chi connectivity index (χ1) is 18.2. The van der Waals surface area contributed by atoms with Gasteiger partial charge in [-0.05, 0) is 0 Å². The van der Waals surface area contributed by atoms with Gasteiger partial charge in [-0.25, -0.2) is 0 Å². The number of halogens is 4. The van der Waals surface area contributed by atoms with Crippen molar-refractivity contribution in [1.29, 1.82) is 0 Å². The zero-order valence-corrected chi connectivity index (χ0v) is 22.3. The van der Waals surface area contributed by atoms with Gasteiger partial charge in [-0.3, -0.25) is 0 Å². The Morgan fingerprint density at radius 2 is 0.632 bits per heavy atom. The fourth-order valence-corrected chi connectivity index (χ4v) is 10.7. The van der Waals surface area contributed by atoms with E-state index in [1.807, 2.05) is 0 Å². The fraction of sp³-hybridized carbons (Fsp3) is 0.0645. The van der Waals surface area contributed by atoms with E-state index >= 15 is 16.8 Å². The second kappa shape index (κ2) is 9.73. The summed E-state index contributed by atoms with van der Waals surface area (Å²) in [5.41, 5.74) is 0.190. The molecule has 0 bridgehead atoms. The number of hydrogen-bond donors (Lipinski definition) is 0. The Morgan fingerprint density at radius 3 is 0.895 bits per heavy atom. The molecule has 194 valence electrons. The molecule has 7 heteroatoms. The first-order valence-corrected chi connectivity index (χ1v) is 16.7. The summed E-state index contributed by atoms with van der Waals surface area (Å²) in [6.07, 6.45) is -1.28. The molecule has 0 radical (unpaired) electrons. The molecule has 5 rings (SSSR count). The van der Waals surface area contributed by atoms with Crippen molar-refractivity contribution in [2.75, 3.05) is 0 Å². The van der Waals surface area contributed by atoms with E-state index in [0.29, 0.717) is 0 Å². The first-order valence-electron chi connectivity index (χ1n) is 12.2. The van der Waals surface area contributed by atoms with Gasteiger partial charge in [0.2, 0.25) is 0 Å². The molecule has 0 unspecified atom stereocenters. The van der Waals surface area contributed by atoms with E-state index in [1.54, 1.807) is 78.9 Å². The van der Waals surface area contributed by atoms with Crippen LogP contribution in [0.1, 0.15) is 11.4 Å². The van der Waals surface area contributed by atoms with Crippen LogP contribution in [0.2, 0.25) is 0 Å². The van der Waals surface area contributed by atoms with Gasteiger partial charge in [0.1, 0.15) is 0 Å². The average molecular weight is 552 g/mol. The molecule has 0 amide bonds. The quantitative estimate of drug-likeness (QED) is 0.141. The van der Waals surface area contributed by atoms with Gasteiger partial charge in [0.05, 0.1) is 0 Å². The summed E-state index contributed by atoms with van der Waals surface area (Å²) in [5.74, 6) is 0. The predicted octanol–water partition coefficient (Wildman–Crippen LogP) is 8.03. The van der Waals surface area contributed by atoms with Crippen LogP contribution in [0.5, 0.6) is 0 Å². The molecule has 1 aromatic heterocycles. The van der Waals surface area contributed by atoms with Crippen LogP contribution in [-0.4, -0.2) is 4.98 Å². The fourth-order valence-electron chi connectivity index (χ4n) is 4.82. The Morgan fingerprint density at radius 1 is 0.368 bits per heavy atom. The average Bonchev–Trinajstić information content (AvgIpc) is 2.95. The topological polar surface area (TPSA) is 12.9 Å². The standard InChI is InChI=1S/C31H27F4NP2/c32-37(33,28-16-5-1-6-17-28,29-18-7-2-8-19-29)24-26-14-13-15-27(36-26)25-38(34,35,30-20-9-3-10-21-30)31-22-11-4-12-23-31/h1-23H,24-25H2. The zero-order valence-electron chi connectivity index (χ0n) is 20.5. The molecule has 0 saturated carbocycles. The Hall–Kier alpha value is -3.39. The van der Waals surface area contributed by atoms with E-state index < -0.39 is 26.8 Å². The summed E-state index contributed by atoms with van der Waals surface area (Å²) in [6.45, 7) is 0. The summed E-state index contributed by atoms with van der Waals surface area (Å²) >= 11 is 0. The third-order valence-electron chi connectivity index (χ3n) is 6.80. The maximum atomic E-state index is 17.0. The molecule has 1 nitrogen and oxygen atoms in total. The normalized spacial score (nSPS) is 14.1. The van der Waals surface area contributed by atoms with Crippen molar-refractivity contribution in [3.8, 4) is 0 Å². The van der Waals surface area contributed by atoms with Crippen LogP contribution in [0.15, 0.2) is 140 Å². The predicted molar refractivity (Wildman–Crippen MR) is 154 cm³/mol. The second-order valence-corrected chi connectivity index (χ2v) is 16.4. The molecule has 0 N–H and O–H groups in total. The SMILES string of the molecule is FP(F)(Cc1cccc(CP(F)(F)(c2ccccc2)c2ccccc2)n1)(c1ccccc1)c1ccccc1. The van der Waals surface area contributed by atoms with E-state index in [1.165, 1.54) is 60.7 Å². The van der Waals surface area contributed by atoms with Gasteiger partial charge >= 0.3 is 221 Å². The van der Waals surface area contributed by atoms with Crippen LogP contribution >= 0.6 is 14.4 Å². The number of rotatable bonds is 8. The van der Waals surface area contributed by atoms with E-state index in [-0.39, 0.29) is 32.6 Å². The molecule has 0 aliphatic heterocycles. The van der Waals surface area contributed by atoms with Gasteiger partial charge < -0.3 is 0 Å². The van der Waals surface area contributed by atoms with Crippen molar-refractivity contribution < 1.29 is 16.8 Å². The van der Waals surface area contributed by atoms with E-state index in [9.17, 15) is 0 Å². The van der Waals surface area contributed by atoms with Crippen molar-refractivity contribution in [2.45, 2.75) is 12.3 Å². The molecule has 0 spiro atoms. The van der Waals surface area contributed by atoms with Crippen LogP contribution in [0.3, 0.4) is 0 Å². The molecular formula is C31H27F4NP2. The molecule has 1 heterocycles. The molecule has 0 aliphatic rings. The van der Waals surface area contributed by atoms with Crippen molar-refractivity contribution in [1.82, 2.24) is 4.98 Å². The van der Waals surface area contributed by atoms with E-state index in [2.05, 4.69) is 4.98 Å². The van der Waals surface area contributed by atoms with E-state index in [0.717, 1.165) is 0 Å². The molecule has 0 aliphatic carbocycles. The summed E-state index contributed by atoms with van der Waals surface area (Å²) in [5, 5.41) is -0.218. The minimum atomic E-state index is -5.72. The van der Waals surface area contributed by atoms with Crippen molar-refractivity contribution in [2.24, 2.45) is 0 Å². The number of pyridine rings is 1. The first kappa shape index (κ1) is 26.2. The number of nitrogens with zero attached hydrogens (tertiary/aromatic N) is 1. The van der Waals surface area contributed by atoms with E-state index in [4.69, 9.17) is 0 Å². The Balaban J connectivity index is 1.59. The Bertz CT molecular complexity index is 1330. The van der Waals surface area contributed by atoms with Gasteiger partial charge in [-0.1, -0.05) is 0 Å². The van der Waals surface area contributed by atoms with Crippen LogP contribution in [0.25, 0.3) is 0 Å². The molecular weight excluding hydrogens is 524 g/mol. The summed E-state index contributed by atoms with van der Waals surface area (Å²) < 4.78 is 68.0. The number of aromatic nitrogens is 1. The maximum absolute atomic E-state index is 17.0. The monoisotopic (exact) mass is 551 g/mol. The number of benzene rings is 4. The molecule has 0 saturated heterocycles. The van der Waals surface area contributed by atoms with Crippen molar-refractivity contribution in [3.63, 3.8) is 0 Å². The minimum absolute atomic E-state index is 0.0545. The van der Waals surface area contributed by atoms with Crippen LogP contribution in [0.4, 0.5) is 16.8 Å². The third kappa shape index (κ3) is 4.77. The summed E-state index contributed by atoms with van der Waals surface area (Å²) in [6, 6.07) is 35.6. The van der Waals surface area contributed by atoms with Crippen LogP contribution in [-0.2, 0) is 12.3 Å². The van der Waals surface area contributed by atoms with Gasteiger partial charge in [-0.2, -0.15) is 0 Å². The summed E-state index contributed by atoms with van der Waals surface area (Å²) in [4.78, 5) is 4.44. The molecule has 5 aromatic rings. The van der Waals surface area contributed by atoms with Crippen molar-refractivity contribution in [3.05, 3.63) is 151 Å². The van der Waals surface area contributed by atoms with Crippen LogP contribution < -0.4 is 21.2 Å². The molecule has 38 heavy (non-hydrogen) atoms. The summed E-state index contributed by atoms with van der Waals surface area (Å²) in [7, 11) is -11.4. The molecule has 0 fully saturated rings. The second-order valence-electron chi connectivity index (χ2n) is 9.42. The van der Waals surface area contributed by atoms with Crippen LogP contribution in [0, 0.1) is 0 Å². The Labute approximate surface area is 220 Å². The number of hydrogen-bond acceptors (Lipinski definition) is 1. The van der Waals surface area contributed by atoms with Gasteiger partial charge in [0, 0.05) is 0 Å².